The fourth-order valence-corrected chi connectivity index (χ4v) is 4.23. The van der Waals surface area contributed by atoms with Crippen LogP contribution in [-0.4, -0.2) is 42.1 Å². The number of hydrogen-bond acceptors (Lipinski definition) is 5. The van der Waals surface area contributed by atoms with Crippen molar-refractivity contribution in [1.82, 2.24) is 20.6 Å². The number of rotatable bonds is 7. The molecule has 3 rings (SSSR count). The highest BCUT2D eigenvalue weighted by molar-refractivity contribution is 7.11. The number of nitrogens with one attached hydrogen (secondary N) is 2. The van der Waals surface area contributed by atoms with E-state index in [9.17, 15) is 0 Å². The Morgan fingerprint density at radius 3 is 2.75 bits per heavy atom. The first-order valence-electron chi connectivity index (χ1n) is 10.3. The van der Waals surface area contributed by atoms with Crippen LogP contribution in [0.1, 0.15) is 47.3 Å². The van der Waals surface area contributed by atoms with E-state index in [-0.39, 0.29) is 0 Å². The molecule has 0 spiro atoms. The maximum atomic E-state index is 4.76. The topological polar surface area (TPSA) is 65.4 Å². The van der Waals surface area contributed by atoms with Crippen molar-refractivity contribution in [2.75, 3.05) is 31.1 Å². The predicted octanol–water partition coefficient (Wildman–Crippen LogP) is 3.44. The number of anilines is 1. The molecule has 0 bridgehead atoms. The van der Waals surface area contributed by atoms with Crippen molar-refractivity contribution < 1.29 is 0 Å². The van der Waals surface area contributed by atoms with E-state index in [1.165, 1.54) is 34.7 Å². The van der Waals surface area contributed by atoms with E-state index >= 15 is 0 Å². The second kappa shape index (κ2) is 10.4. The fourth-order valence-electron chi connectivity index (χ4n) is 3.30. The minimum absolute atomic E-state index is 0.647. The minimum atomic E-state index is 0.647. The number of nitrogens with zero attached hydrogens (tertiary/aromatic N) is 4. The van der Waals surface area contributed by atoms with Gasteiger partial charge in [0.1, 0.15) is 5.82 Å². The summed E-state index contributed by atoms with van der Waals surface area (Å²) in [6.45, 7) is 10.8. The number of thiazole rings is 1. The van der Waals surface area contributed by atoms with Crippen molar-refractivity contribution in [3.05, 3.63) is 39.5 Å². The van der Waals surface area contributed by atoms with Crippen LogP contribution in [0, 0.1) is 13.8 Å². The van der Waals surface area contributed by atoms with Gasteiger partial charge in [0.05, 0.1) is 17.2 Å². The molecule has 6 nitrogen and oxygen atoms in total. The average molecular weight is 401 g/mol. The number of aryl methyl sites for hydroxylation is 2. The number of aromatic nitrogens is 2. The lowest BCUT2D eigenvalue weighted by Gasteiger charge is -2.27. The lowest BCUT2D eigenvalue weighted by atomic mass is 10.1. The van der Waals surface area contributed by atoms with E-state index in [4.69, 9.17) is 4.99 Å². The summed E-state index contributed by atoms with van der Waals surface area (Å²) in [6.07, 6.45) is 6.67. The summed E-state index contributed by atoms with van der Waals surface area (Å²) in [5.74, 6) is 1.93. The normalized spacial score (nSPS) is 15.0. The first-order chi connectivity index (χ1) is 13.7. The van der Waals surface area contributed by atoms with Crippen LogP contribution in [0.5, 0.6) is 0 Å². The van der Waals surface area contributed by atoms with Crippen LogP contribution in [-0.2, 0) is 13.0 Å². The van der Waals surface area contributed by atoms with Crippen LogP contribution in [0.25, 0.3) is 0 Å². The van der Waals surface area contributed by atoms with E-state index in [1.54, 1.807) is 11.3 Å². The molecule has 152 valence electrons. The van der Waals surface area contributed by atoms with Gasteiger partial charge in [0, 0.05) is 43.7 Å². The molecule has 1 saturated heterocycles. The molecule has 0 amide bonds. The van der Waals surface area contributed by atoms with E-state index in [2.05, 4.69) is 58.4 Å². The van der Waals surface area contributed by atoms with Gasteiger partial charge < -0.3 is 15.5 Å². The Labute approximate surface area is 172 Å². The second-order valence-corrected chi connectivity index (χ2v) is 8.48. The molecular weight excluding hydrogens is 368 g/mol. The van der Waals surface area contributed by atoms with Gasteiger partial charge >= 0.3 is 0 Å². The molecule has 2 aromatic rings. The van der Waals surface area contributed by atoms with Crippen molar-refractivity contribution in [2.24, 2.45) is 4.99 Å². The zero-order valence-corrected chi connectivity index (χ0v) is 18.1. The summed E-state index contributed by atoms with van der Waals surface area (Å²) < 4.78 is 0. The largest absolute Gasteiger partial charge is 0.357 e. The second-order valence-electron chi connectivity index (χ2n) is 7.19. The van der Waals surface area contributed by atoms with Crippen LogP contribution in [0.15, 0.2) is 23.3 Å². The lowest BCUT2D eigenvalue weighted by molar-refractivity contribution is 0.573. The van der Waals surface area contributed by atoms with Gasteiger partial charge in [-0.2, -0.15) is 0 Å². The van der Waals surface area contributed by atoms with Crippen LogP contribution in [0.4, 0.5) is 5.82 Å². The van der Waals surface area contributed by atoms with Gasteiger partial charge in [-0.3, -0.25) is 0 Å². The van der Waals surface area contributed by atoms with Gasteiger partial charge in [-0.05, 0) is 57.7 Å². The minimum Gasteiger partial charge on any atom is -0.357 e. The van der Waals surface area contributed by atoms with Gasteiger partial charge in [0.25, 0.3) is 0 Å². The molecule has 0 atom stereocenters. The Hall–Kier alpha value is -2.15. The van der Waals surface area contributed by atoms with Crippen molar-refractivity contribution >= 4 is 23.1 Å². The molecule has 0 unspecified atom stereocenters. The van der Waals surface area contributed by atoms with Gasteiger partial charge in [-0.15, -0.1) is 11.3 Å². The third-order valence-corrected chi connectivity index (χ3v) is 6.09. The van der Waals surface area contributed by atoms with Crippen molar-refractivity contribution in [3.63, 3.8) is 0 Å². The molecule has 0 aliphatic carbocycles. The molecule has 2 N–H and O–H groups in total. The third-order valence-electron chi connectivity index (χ3n) is 4.96. The summed E-state index contributed by atoms with van der Waals surface area (Å²) in [6, 6.07) is 4.24. The SMILES string of the molecule is CCNC(=NCc1ccnc(N2CCCCC2)c1)NCCc1nc(C)c(C)s1. The summed E-state index contributed by atoms with van der Waals surface area (Å²) >= 11 is 1.78. The fraction of sp³-hybridized carbons (Fsp3) is 0.571. The van der Waals surface area contributed by atoms with Crippen molar-refractivity contribution in [1.29, 1.82) is 0 Å². The van der Waals surface area contributed by atoms with Crippen LogP contribution in [0.3, 0.4) is 0 Å². The molecular formula is C21H32N6S. The lowest BCUT2D eigenvalue weighted by Crippen LogP contribution is -2.38. The van der Waals surface area contributed by atoms with Crippen LogP contribution >= 0.6 is 11.3 Å². The quantitative estimate of drug-likeness (QED) is 0.550. The molecule has 1 aliphatic rings. The maximum Gasteiger partial charge on any atom is 0.191 e. The molecule has 28 heavy (non-hydrogen) atoms. The van der Waals surface area contributed by atoms with Crippen molar-refractivity contribution in [2.45, 2.75) is 53.0 Å². The monoisotopic (exact) mass is 400 g/mol. The number of hydrogen-bond donors (Lipinski definition) is 2. The molecule has 7 heteroatoms. The number of guanidine groups is 1. The molecule has 1 aliphatic heterocycles. The highest BCUT2D eigenvalue weighted by Gasteiger charge is 2.12. The highest BCUT2D eigenvalue weighted by atomic mass is 32.1. The Kier molecular flexibility index (Phi) is 7.65. The van der Waals surface area contributed by atoms with E-state index in [1.807, 2.05) is 6.20 Å². The Morgan fingerprint density at radius 1 is 1.21 bits per heavy atom. The average Bonchev–Trinajstić information content (AvgIpc) is 3.04. The van der Waals surface area contributed by atoms with E-state index < -0.39 is 0 Å². The first kappa shape index (κ1) is 20.6. The number of aliphatic imine (C=N–C) groups is 1. The summed E-state index contributed by atoms with van der Waals surface area (Å²) in [5, 5.41) is 7.93. The smallest absolute Gasteiger partial charge is 0.191 e. The zero-order chi connectivity index (χ0) is 19.8. The number of pyridine rings is 1. The van der Waals surface area contributed by atoms with Gasteiger partial charge in [0.2, 0.25) is 0 Å². The summed E-state index contributed by atoms with van der Waals surface area (Å²) in [7, 11) is 0. The molecule has 0 radical (unpaired) electrons. The van der Waals surface area contributed by atoms with E-state index in [0.29, 0.717) is 6.54 Å². The van der Waals surface area contributed by atoms with Gasteiger partial charge in [-0.1, -0.05) is 0 Å². The Balaban J connectivity index is 1.56. The predicted molar refractivity (Wildman–Crippen MR) is 118 cm³/mol. The molecule has 2 aromatic heterocycles. The van der Waals surface area contributed by atoms with Gasteiger partial charge in [-0.25, -0.2) is 15.0 Å². The van der Waals surface area contributed by atoms with Crippen LogP contribution < -0.4 is 15.5 Å². The standard InChI is InChI=1S/C21H32N6S/c1-4-22-21(24-11-9-20-26-16(2)17(3)28-20)25-15-18-8-10-23-19(14-18)27-12-6-5-7-13-27/h8,10,14H,4-7,9,11-13,15H2,1-3H3,(H2,22,24,25). The summed E-state index contributed by atoms with van der Waals surface area (Å²) in [4.78, 5) is 17.6. The maximum absolute atomic E-state index is 4.76. The summed E-state index contributed by atoms with van der Waals surface area (Å²) in [5.41, 5.74) is 2.33. The zero-order valence-electron chi connectivity index (χ0n) is 17.3. The Bertz CT molecular complexity index is 759. The molecule has 0 saturated carbocycles. The molecule has 1 fully saturated rings. The third kappa shape index (κ3) is 5.92. The van der Waals surface area contributed by atoms with E-state index in [0.717, 1.165) is 50.1 Å². The van der Waals surface area contributed by atoms with Gasteiger partial charge in [0.15, 0.2) is 5.96 Å². The molecule has 3 heterocycles. The first-order valence-corrected chi connectivity index (χ1v) is 11.1. The Morgan fingerprint density at radius 2 is 2.04 bits per heavy atom. The number of piperidine rings is 1. The van der Waals surface area contributed by atoms with Crippen molar-refractivity contribution in [3.8, 4) is 0 Å². The highest BCUT2D eigenvalue weighted by Crippen LogP contribution is 2.19. The molecule has 0 aromatic carbocycles. The van der Waals surface area contributed by atoms with Crippen LogP contribution in [0.2, 0.25) is 0 Å².